The summed E-state index contributed by atoms with van der Waals surface area (Å²) in [6, 6.07) is 17.0. The van der Waals surface area contributed by atoms with E-state index in [9.17, 15) is 4.79 Å². The molecule has 6 heteroatoms. The minimum absolute atomic E-state index is 0. The van der Waals surface area contributed by atoms with Crippen molar-refractivity contribution in [1.82, 2.24) is 9.80 Å². The number of carbonyl (C=O) groups excluding carboxylic acids is 1. The van der Waals surface area contributed by atoms with Crippen molar-refractivity contribution in [3.63, 3.8) is 0 Å². The van der Waals surface area contributed by atoms with E-state index in [0.29, 0.717) is 0 Å². The third-order valence-electron chi connectivity index (χ3n) is 6.52. The van der Waals surface area contributed by atoms with E-state index in [4.69, 9.17) is 0 Å². The fraction of sp³-hybridized carbons (Fsp3) is 0.400. The highest BCUT2D eigenvalue weighted by molar-refractivity contribution is 7.17. The lowest BCUT2D eigenvalue weighted by molar-refractivity contribution is 0.0735. The van der Waals surface area contributed by atoms with Crippen LogP contribution in [0.15, 0.2) is 53.9 Å². The van der Waals surface area contributed by atoms with Gasteiger partial charge in [0.05, 0.1) is 0 Å². The molecule has 164 valence electrons. The Kier molecular flexibility index (Phi) is 7.16. The highest BCUT2D eigenvalue weighted by Gasteiger charge is 2.23. The predicted molar refractivity (Wildman–Crippen MR) is 133 cm³/mol. The first-order chi connectivity index (χ1) is 14.8. The van der Waals surface area contributed by atoms with Crippen LogP contribution in [0.5, 0.6) is 0 Å². The number of anilines is 1. The third-order valence-corrected chi connectivity index (χ3v) is 7.41. The number of amides is 1. The fourth-order valence-electron chi connectivity index (χ4n) is 4.79. The smallest absolute Gasteiger partial charge is 0.254 e. The molecule has 0 atom stereocenters. The fourth-order valence-corrected chi connectivity index (χ4v) is 5.60. The number of hydrogen-bond acceptors (Lipinski definition) is 4. The van der Waals surface area contributed by atoms with E-state index in [1.54, 1.807) is 0 Å². The average Bonchev–Trinajstić information content (AvgIpc) is 3.28. The average molecular weight is 456 g/mol. The second kappa shape index (κ2) is 10.0. The molecule has 2 aliphatic heterocycles. The highest BCUT2D eigenvalue weighted by atomic mass is 35.5. The largest absolute Gasteiger partial charge is 0.368 e. The topological polar surface area (TPSA) is 26.8 Å². The Balaban J connectivity index is 0.00000231. The van der Waals surface area contributed by atoms with Gasteiger partial charge in [0.2, 0.25) is 0 Å². The molecule has 0 bridgehead atoms. The number of benzene rings is 2. The van der Waals surface area contributed by atoms with E-state index >= 15 is 0 Å². The second-order valence-corrected chi connectivity index (χ2v) is 9.29. The molecule has 0 aliphatic carbocycles. The van der Waals surface area contributed by atoms with E-state index in [-0.39, 0.29) is 18.3 Å². The summed E-state index contributed by atoms with van der Waals surface area (Å²) in [5, 5.41) is 3.58. The zero-order valence-corrected chi connectivity index (χ0v) is 19.5. The SMILES string of the molecule is Cl.O=C1c2ccccc2CCN1CCCCN1CCN(c2cccc3sccc23)CC1. The number of fused-ring (bicyclic) bond motifs is 2. The lowest BCUT2D eigenvalue weighted by Crippen LogP contribution is -2.46. The van der Waals surface area contributed by atoms with E-state index in [0.717, 1.165) is 70.6 Å². The zero-order valence-electron chi connectivity index (χ0n) is 17.8. The normalized spacial score (nSPS) is 17.0. The van der Waals surface area contributed by atoms with Crippen LogP contribution in [-0.4, -0.2) is 61.5 Å². The van der Waals surface area contributed by atoms with Crippen molar-refractivity contribution in [2.75, 3.05) is 50.7 Å². The number of carbonyl (C=O) groups is 1. The van der Waals surface area contributed by atoms with Gasteiger partial charge in [0, 0.05) is 60.6 Å². The van der Waals surface area contributed by atoms with Crippen LogP contribution in [0.2, 0.25) is 0 Å². The van der Waals surface area contributed by atoms with E-state index in [2.05, 4.69) is 45.5 Å². The monoisotopic (exact) mass is 455 g/mol. The summed E-state index contributed by atoms with van der Waals surface area (Å²) >= 11 is 1.82. The van der Waals surface area contributed by atoms with Crippen molar-refractivity contribution in [2.45, 2.75) is 19.3 Å². The van der Waals surface area contributed by atoms with Crippen LogP contribution in [0.4, 0.5) is 5.69 Å². The summed E-state index contributed by atoms with van der Waals surface area (Å²) in [5.41, 5.74) is 3.49. The first-order valence-corrected chi connectivity index (χ1v) is 12.0. The minimum Gasteiger partial charge on any atom is -0.368 e. The summed E-state index contributed by atoms with van der Waals surface area (Å²) < 4.78 is 1.38. The van der Waals surface area contributed by atoms with Crippen LogP contribution in [-0.2, 0) is 6.42 Å². The van der Waals surface area contributed by atoms with Crippen molar-refractivity contribution in [1.29, 1.82) is 0 Å². The summed E-state index contributed by atoms with van der Waals surface area (Å²) in [6.07, 6.45) is 3.23. The second-order valence-electron chi connectivity index (χ2n) is 8.34. The van der Waals surface area contributed by atoms with Crippen molar-refractivity contribution >= 4 is 45.4 Å². The summed E-state index contributed by atoms with van der Waals surface area (Å²) in [7, 11) is 0. The molecule has 0 N–H and O–H groups in total. The lowest BCUT2D eigenvalue weighted by atomic mass is 9.99. The molecule has 0 spiro atoms. The molecule has 1 amide bonds. The van der Waals surface area contributed by atoms with Gasteiger partial charge in [-0.2, -0.15) is 0 Å². The molecule has 1 aromatic heterocycles. The third kappa shape index (κ3) is 4.74. The Bertz CT molecular complexity index is 1030. The van der Waals surface area contributed by atoms with Crippen LogP contribution in [0.25, 0.3) is 10.1 Å². The lowest BCUT2D eigenvalue weighted by Gasteiger charge is -2.36. The summed E-state index contributed by atoms with van der Waals surface area (Å²) in [4.78, 5) is 19.8. The molecule has 1 saturated heterocycles. The molecule has 31 heavy (non-hydrogen) atoms. The maximum Gasteiger partial charge on any atom is 0.254 e. The molecule has 3 heterocycles. The first-order valence-electron chi connectivity index (χ1n) is 11.1. The quantitative estimate of drug-likeness (QED) is 0.493. The Morgan fingerprint density at radius 3 is 2.52 bits per heavy atom. The zero-order chi connectivity index (χ0) is 20.3. The van der Waals surface area contributed by atoms with Crippen LogP contribution in [0, 0.1) is 0 Å². The number of nitrogens with zero attached hydrogens (tertiary/aromatic N) is 3. The molecule has 4 nitrogen and oxygen atoms in total. The van der Waals surface area contributed by atoms with Crippen LogP contribution < -0.4 is 4.90 Å². The number of unbranched alkanes of at least 4 members (excludes halogenated alkanes) is 1. The molecule has 5 rings (SSSR count). The summed E-state index contributed by atoms with van der Waals surface area (Å²) in [5.74, 6) is 0.216. The molecule has 0 saturated carbocycles. The Labute approximate surface area is 194 Å². The molecular weight excluding hydrogens is 426 g/mol. The number of rotatable bonds is 6. The molecule has 2 aromatic carbocycles. The Morgan fingerprint density at radius 1 is 0.839 bits per heavy atom. The molecule has 3 aromatic rings. The van der Waals surface area contributed by atoms with Crippen LogP contribution >= 0.6 is 23.7 Å². The van der Waals surface area contributed by atoms with Crippen molar-refractivity contribution in [2.24, 2.45) is 0 Å². The maximum atomic E-state index is 12.7. The molecule has 0 radical (unpaired) electrons. The standard InChI is InChI=1S/C25H29N3OS.ClH/c29-25-21-7-2-1-6-20(21)10-14-28(25)13-4-3-12-26-15-17-27(18-16-26)23-8-5-9-24-22(23)11-19-30-24;/h1-2,5-9,11,19H,3-4,10,12-18H2;1H. The van der Waals surface area contributed by atoms with E-state index < -0.39 is 0 Å². The van der Waals surface area contributed by atoms with Crippen molar-refractivity contribution in [3.8, 4) is 0 Å². The number of thiophene rings is 1. The van der Waals surface area contributed by atoms with Gasteiger partial charge in [0.25, 0.3) is 5.91 Å². The molecule has 2 aliphatic rings. The van der Waals surface area contributed by atoms with E-state index in [1.165, 1.54) is 21.3 Å². The molecule has 1 fully saturated rings. The van der Waals surface area contributed by atoms with Gasteiger partial charge in [0.15, 0.2) is 0 Å². The highest BCUT2D eigenvalue weighted by Crippen LogP contribution is 2.31. The van der Waals surface area contributed by atoms with Gasteiger partial charge in [-0.15, -0.1) is 23.7 Å². The van der Waals surface area contributed by atoms with Gasteiger partial charge in [-0.25, -0.2) is 0 Å². The van der Waals surface area contributed by atoms with Gasteiger partial charge in [-0.1, -0.05) is 24.3 Å². The number of halogens is 1. The minimum atomic E-state index is 0. The van der Waals surface area contributed by atoms with Crippen LogP contribution in [0.3, 0.4) is 0 Å². The van der Waals surface area contributed by atoms with Crippen molar-refractivity contribution in [3.05, 3.63) is 65.0 Å². The Morgan fingerprint density at radius 2 is 1.65 bits per heavy atom. The van der Waals surface area contributed by atoms with Gasteiger partial charge in [-0.3, -0.25) is 9.69 Å². The molecule has 0 unspecified atom stereocenters. The maximum absolute atomic E-state index is 12.7. The van der Waals surface area contributed by atoms with Crippen LogP contribution in [0.1, 0.15) is 28.8 Å². The first kappa shape index (κ1) is 22.1. The van der Waals surface area contributed by atoms with Gasteiger partial charge < -0.3 is 9.80 Å². The Hall–Kier alpha value is -2.08. The van der Waals surface area contributed by atoms with Gasteiger partial charge >= 0.3 is 0 Å². The predicted octanol–water partition coefficient (Wildman–Crippen LogP) is 4.92. The summed E-state index contributed by atoms with van der Waals surface area (Å²) in [6.45, 7) is 7.31. The van der Waals surface area contributed by atoms with Gasteiger partial charge in [-0.05, 0) is 61.0 Å². The number of piperazine rings is 1. The van der Waals surface area contributed by atoms with Gasteiger partial charge in [0.1, 0.15) is 0 Å². The number of hydrogen-bond donors (Lipinski definition) is 0. The van der Waals surface area contributed by atoms with Crippen molar-refractivity contribution < 1.29 is 4.79 Å². The molecular formula is C25H30ClN3OS. The van der Waals surface area contributed by atoms with E-state index in [1.807, 2.05) is 34.4 Å².